The maximum Gasteiger partial charge on any atom is 0.265 e. The number of rotatable bonds is 7. The third-order valence-corrected chi connectivity index (χ3v) is 8.84. The smallest absolute Gasteiger partial charge is 0.265 e. The Morgan fingerprint density at radius 2 is 1.84 bits per heavy atom. The number of methoxy groups -OCH3 is 1. The van der Waals surface area contributed by atoms with E-state index in [1.807, 2.05) is 6.07 Å². The molecule has 1 heterocycles. The van der Waals surface area contributed by atoms with Crippen molar-refractivity contribution in [3.63, 3.8) is 0 Å². The molecule has 31 heavy (non-hydrogen) atoms. The van der Waals surface area contributed by atoms with E-state index in [-0.39, 0.29) is 16.4 Å². The molecular weight excluding hydrogens is 440 g/mol. The van der Waals surface area contributed by atoms with E-state index in [1.165, 1.54) is 7.11 Å². The number of carbonyl (C=O) groups excluding carboxylic acids is 1. The third kappa shape index (κ3) is 5.37. The highest BCUT2D eigenvalue weighted by molar-refractivity contribution is 7.93. The zero-order chi connectivity index (χ0) is 22.8. The van der Waals surface area contributed by atoms with Gasteiger partial charge in [-0.2, -0.15) is 0 Å². The highest BCUT2D eigenvalue weighted by Gasteiger charge is 2.32. The first-order valence-corrected chi connectivity index (χ1v) is 13.0. The van der Waals surface area contributed by atoms with E-state index >= 15 is 0 Å². The largest absolute Gasteiger partial charge is 0.497 e. The Bertz CT molecular complexity index is 1170. The maximum atomic E-state index is 13.6. The van der Waals surface area contributed by atoms with Crippen LogP contribution in [0.4, 0.5) is 5.69 Å². The van der Waals surface area contributed by atoms with Gasteiger partial charge < -0.3 is 10.1 Å². The normalized spacial score (nSPS) is 17.8. The second kappa shape index (κ2) is 8.88. The number of benzene rings is 2. The van der Waals surface area contributed by atoms with Gasteiger partial charge in [-0.15, -0.1) is 0 Å². The number of amides is 1. The van der Waals surface area contributed by atoms with Crippen LogP contribution >= 0.6 is 0 Å². The number of hydrogen-bond acceptors (Lipinski definition) is 6. The van der Waals surface area contributed by atoms with Crippen molar-refractivity contribution in [1.82, 2.24) is 5.32 Å². The molecule has 0 aliphatic carbocycles. The number of nitrogens with zero attached hydrogens (tertiary/aromatic N) is 1. The van der Waals surface area contributed by atoms with E-state index < -0.39 is 38.4 Å². The predicted molar refractivity (Wildman–Crippen MR) is 119 cm³/mol. The van der Waals surface area contributed by atoms with Crippen molar-refractivity contribution in [1.29, 1.82) is 0 Å². The molecule has 0 saturated carbocycles. The molecule has 0 radical (unpaired) electrons. The van der Waals surface area contributed by atoms with Crippen molar-refractivity contribution in [2.75, 3.05) is 29.5 Å². The summed E-state index contributed by atoms with van der Waals surface area (Å²) in [6.45, 7) is 3.02. The van der Waals surface area contributed by atoms with Crippen LogP contribution in [0.5, 0.6) is 5.75 Å². The summed E-state index contributed by atoms with van der Waals surface area (Å²) in [5.41, 5.74) is 1.64. The van der Waals surface area contributed by atoms with Gasteiger partial charge in [0.1, 0.15) is 12.3 Å². The van der Waals surface area contributed by atoms with Crippen molar-refractivity contribution >= 4 is 31.5 Å². The van der Waals surface area contributed by atoms with Gasteiger partial charge >= 0.3 is 0 Å². The minimum absolute atomic E-state index is 0.0148. The van der Waals surface area contributed by atoms with Crippen LogP contribution in [0.2, 0.25) is 0 Å². The lowest BCUT2D eigenvalue weighted by atomic mass is 10.2. The first-order chi connectivity index (χ1) is 14.5. The van der Waals surface area contributed by atoms with Crippen LogP contribution in [0.3, 0.4) is 0 Å². The first-order valence-electron chi connectivity index (χ1n) is 9.76. The maximum absolute atomic E-state index is 13.6. The van der Waals surface area contributed by atoms with Crippen molar-refractivity contribution in [3.8, 4) is 5.75 Å². The summed E-state index contributed by atoms with van der Waals surface area (Å²) in [6.07, 6.45) is 0.320. The van der Waals surface area contributed by atoms with E-state index in [4.69, 9.17) is 4.74 Å². The Balaban J connectivity index is 1.94. The zero-order valence-electron chi connectivity index (χ0n) is 17.7. The van der Waals surface area contributed by atoms with E-state index in [1.54, 1.807) is 50.2 Å². The molecule has 0 unspecified atom stereocenters. The van der Waals surface area contributed by atoms with Gasteiger partial charge in [0.2, 0.25) is 5.91 Å². The van der Waals surface area contributed by atoms with Gasteiger partial charge in [0.05, 0.1) is 29.2 Å². The Morgan fingerprint density at radius 1 is 1.16 bits per heavy atom. The van der Waals surface area contributed by atoms with Gasteiger partial charge in [-0.05, 0) is 61.7 Å². The molecule has 0 spiro atoms. The second-order valence-corrected chi connectivity index (χ2v) is 11.7. The van der Waals surface area contributed by atoms with Gasteiger partial charge in [0.15, 0.2) is 9.84 Å². The Kier molecular flexibility index (Phi) is 6.61. The Hall–Kier alpha value is -2.59. The average molecular weight is 467 g/mol. The van der Waals surface area contributed by atoms with Gasteiger partial charge in [-0.1, -0.05) is 12.1 Å². The molecule has 1 atom stereocenters. The molecular formula is C21H26N2O6S2. The lowest BCUT2D eigenvalue weighted by Crippen LogP contribution is -2.44. The number of anilines is 1. The molecule has 0 bridgehead atoms. The van der Waals surface area contributed by atoms with Crippen molar-refractivity contribution in [2.45, 2.75) is 31.2 Å². The lowest BCUT2D eigenvalue weighted by Gasteiger charge is -2.26. The topological polar surface area (TPSA) is 110 Å². The highest BCUT2D eigenvalue weighted by Crippen LogP contribution is 2.28. The molecule has 2 aromatic carbocycles. The van der Waals surface area contributed by atoms with Crippen LogP contribution in [0.1, 0.15) is 17.5 Å². The summed E-state index contributed by atoms with van der Waals surface area (Å²) in [7, 11) is -5.73. The number of carbonyl (C=O) groups is 1. The van der Waals surface area contributed by atoms with Crippen molar-refractivity contribution in [3.05, 3.63) is 53.6 Å². The fourth-order valence-corrected chi connectivity index (χ4v) is 6.89. The molecule has 1 N–H and O–H groups in total. The van der Waals surface area contributed by atoms with Crippen LogP contribution < -0.4 is 14.4 Å². The monoisotopic (exact) mass is 466 g/mol. The third-order valence-electron chi connectivity index (χ3n) is 5.16. The molecule has 8 nitrogen and oxygen atoms in total. The van der Waals surface area contributed by atoms with E-state index in [9.17, 15) is 21.6 Å². The first kappa shape index (κ1) is 23.1. The molecule has 2 aromatic rings. The van der Waals surface area contributed by atoms with E-state index in [0.29, 0.717) is 23.4 Å². The number of sulfonamides is 1. The number of aryl methyl sites for hydroxylation is 2. The highest BCUT2D eigenvalue weighted by atomic mass is 32.2. The predicted octanol–water partition coefficient (Wildman–Crippen LogP) is 1.81. The van der Waals surface area contributed by atoms with Crippen molar-refractivity contribution < 1.29 is 26.4 Å². The molecule has 1 aliphatic rings. The van der Waals surface area contributed by atoms with Crippen LogP contribution in [0.15, 0.2) is 47.4 Å². The molecule has 1 amide bonds. The molecule has 0 aromatic heterocycles. The molecule has 1 saturated heterocycles. The van der Waals surface area contributed by atoms with Crippen LogP contribution in [-0.4, -0.2) is 53.9 Å². The molecule has 1 aliphatic heterocycles. The van der Waals surface area contributed by atoms with E-state index in [2.05, 4.69) is 5.32 Å². The SMILES string of the molecule is COc1ccc(N(CC(=O)N[C@@H]2CCS(=O)(=O)C2)S(=O)(=O)c2cc(C)ccc2C)cc1. The summed E-state index contributed by atoms with van der Waals surface area (Å²) in [4.78, 5) is 12.8. The summed E-state index contributed by atoms with van der Waals surface area (Å²) in [5.74, 6) is -0.133. The minimum Gasteiger partial charge on any atom is -0.497 e. The fourth-order valence-electron chi connectivity index (χ4n) is 3.48. The number of ether oxygens (including phenoxy) is 1. The summed E-state index contributed by atoms with van der Waals surface area (Å²) >= 11 is 0. The van der Waals surface area contributed by atoms with Crippen LogP contribution in [0.25, 0.3) is 0 Å². The number of hydrogen-bond donors (Lipinski definition) is 1. The minimum atomic E-state index is -4.06. The molecule has 10 heteroatoms. The number of sulfone groups is 1. The van der Waals surface area contributed by atoms with Crippen molar-refractivity contribution in [2.24, 2.45) is 0 Å². The van der Waals surface area contributed by atoms with Gasteiger partial charge in [0.25, 0.3) is 10.0 Å². The molecule has 168 valence electrons. The fraction of sp³-hybridized carbons (Fsp3) is 0.381. The number of nitrogens with one attached hydrogen (secondary N) is 1. The molecule has 3 rings (SSSR count). The van der Waals surface area contributed by atoms with Crippen LogP contribution in [-0.2, 0) is 24.7 Å². The Morgan fingerprint density at radius 3 is 2.42 bits per heavy atom. The Labute approximate surface area is 183 Å². The quantitative estimate of drug-likeness (QED) is 0.667. The van der Waals surface area contributed by atoms with Gasteiger partial charge in [-0.25, -0.2) is 16.8 Å². The molecule has 1 fully saturated rings. The van der Waals surface area contributed by atoms with Gasteiger partial charge in [-0.3, -0.25) is 9.10 Å². The standard InChI is InChI=1S/C21H26N2O6S2/c1-15-4-5-16(2)20(12-15)31(27,28)23(18-6-8-19(29-3)9-7-18)13-21(24)22-17-10-11-30(25,26)14-17/h4-9,12,17H,10-11,13-14H2,1-3H3,(H,22,24)/t17-/m1/s1. The summed E-state index contributed by atoms with van der Waals surface area (Å²) < 4.78 is 56.6. The summed E-state index contributed by atoms with van der Waals surface area (Å²) in [5, 5.41) is 2.66. The van der Waals surface area contributed by atoms with Gasteiger partial charge in [0, 0.05) is 6.04 Å². The second-order valence-electron chi connectivity index (χ2n) is 7.65. The lowest BCUT2D eigenvalue weighted by molar-refractivity contribution is -0.120. The summed E-state index contributed by atoms with van der Waals surface area (Å²) in [6, 6.07) is 11.0. The zero-order valence-corrected chi connectivity index (χ0v) is 19.3. The van der Waals surface area contributed by atoms with Crippen LogP contribution in [0, 0.1) is 13.8 Å². The average Bonchev–Trinajstić information content (AvgIpc) is 3.06. The van der Waals surface area contributed by atoms with E-state index in [0.717, 1.165) is 9.87 Å².